The smallest absolute Gasteiger partial charge is 0.264 e. The van der Waals surface area contributed by atoms with Crippen LogP contribution < -0.4 is 4.90 Å². The highest BCUT2D eigenvalue weighted by Crippen LogP contribution is 2.44. The zero-order valence-electron chi connectivity index (χ0n) is 15.3. The molecule has 3 aromatic rings. The Balaban J connectivity index is 1.69. The highest BCUT2D eigenvalue weighted by Gasteiger charge is 2.50. The van der Waals surface area contributed by atoms with Gasteiger partial charge in [0.1, 0.15) is 0 Å². The van der Waals surface area contributed by atoms with Crippen molar-refractivity contribution < 1.29 is 14.7 Å². The fraction of sp³-hybridized carbons (Fsp3) is 0.182. The van der Waals surface area contributed by atoms with Crippen LogP contribution in [0.3, 0.4) is 0 Å². The number of anilines is 1. The number of nitrogens with zero attached hydrogens (tertiary/aromatic N) is 2. The van der Waals surface area contributed by atoms with Gasteiger partial charge in [-0.15, -0.1) is 0 Å². The van der Waals surface area contributed by atoms with E-state index in [9.17, 15) is 14.7 Å². The average Bonchev–Trinajstić information content (AvgIpc) is 3.29. The van der Waals surface area contributed by atoms with Gasteiger partial charge >= 0.3 is 0 Å². The normalized spacial score (nSPS) is 18.4. The molecule has 1 aliphatic heterocycles. The van der Waals surface area contributed by atoms with Gasteiger partial charge in [-0.2, -0.15) is 0 Å². The lowest BCUT2D eigenvalue weighted by atomic mass is 9.88. The monoisotopic (exact) mass is 438 g/mol. The molecule has 28 heavy (non-hydrogen) atoms. The van der Waals surface area contributed by atoms with Crippen LogP contribution in [0, 0.1) is 0 Å². The molecule has 1 N–H and O–H groups in total. The van der Waals surface area contributed by atoms with Crippen molar-refractivity contribution in [3.63, 3.8) is 0 Å². The number of fused-ring (bicyclic) bond motifs is 1. The van der Waals surface area contributed by atoms with Gasteiger partial charge in [0.15, 0.2) is 11.4 Å². The first-order chi connectivity index (χ1) is 13.4. The van der Waals surface area contributed by atoms with Crippen LogP contribution in [0.4, 0.5) is 5.69 Å². The number of rotatable bonds is 5. The fourth-order valence-corrected chi connectivity index (χ4v) is 4.05. The molecule has 0 fully saturated rings. The van der Waals surface area contributed by atoms with Gasteiger partial charge < -0.3 is 14.6 Å². The van der Waals surface area contributed by atoms with Crippen molar-refractivity contribution in [2.24, 2.45) is 0 Å². The van der Waals surface area contributed by atoms with Gasteiger partial charge in [-0.1, -0.05) is 28.1 Å². The van der Waals surface area contributed by atoms with Gasteiger partial charge in [0.05, 0.1) is 12.1 Å². The van der Waals surface area contributed by atoms with Crippen molar-refractivity contribution >= 4 is 33.3 Å². The number of hydrogen-bond acceptors (Lipinski definition) is 3. The molecule has 4 rings (SSSR count). The van der Waals surface area contributed by atoms with E-state index in [1.54, 1.807) is 30.3 Å². The predicted octanol–water partition coefficient (Wildman–Crippen LogP) is 4.07. The minimum absolute atomic E-state index is 0.284. The summed E-state index contributed by atoms with van der Waals surface area (Å²) in [5.74, 6) is -0.744. The molecule has 0 radical (unpaired) electrons. The second-order valence-electron chi connectivity index (χ2n) is 6.81. The molecule has 1 atom stereocenters. The Kier molecular flexibility index (Phi) is 4.69. The van der Waals surface area contributed by atoms with Crippen molar-refractivity contribution in [3.05, 3.63) is 82.6 Å². The summed E-state index contributed by atoms with van der Waals surface area (Å²) >= 11 is 3.39. The van der Waals surface area contributed by atoms with E-state index >= 15 is 0 Å². The number of carbonyl (C=O) groups is 2. The predicted molar refractivity (Wildman–Crippen MR) is 111 cm³/mol. The van der Waals surface area contributed by atoms with Gasteiger partial charge in [0.2, 0.25) is 0 Å². The Bertz CT molecular complexity index is 1060. The van der Waals surface area contributed by atoms with Crippen molar-refractivity contribution in [1.82, 2.24) is 4.57 Å². The van der Waals surface area contributed by atoms with E-state index in [0.29, 0.717) is 23.4 Å². The lowest BCUT2D eigenvalue weighted by Gasteiger charge is -2.22. The number of aromatic nitrogens is 1. The van der Waals surface area contributed by atoms with Crippen molar-refractivity contribution in [2.45, 2.75) is 18.9 Å². The van der Waals surface area contributed by atoms with Gasteiger partial charge in [0.25, 0.3) is 5.91 Å². The molecule has 1 aliphatic rings. The van der Waals surface area contributed by atoms with Crippen molar-refractivity contribution in [3.8, 4) is 5.69 Å². The van der Waals surface area contributed by atoms with Crippen molar-refractivity contribution in [1.29, 1.82) is 0 Å². The molecular weight excluding hydrogens is 420 g/mol. The van der Waals surface area contributed by atoms with Crippen LogP contribution in [0.2, 0.25) is 0 Å². The molecule has 0 saturated heterocycles. The third-order valence-corrected chi connectivity index (χ3v) is 5.59. The van der Waals surface area contributed by atoms with Gasteiger partial charge in [-0.05, 0) is 49.4 Å². The van der Waals surface area contributed by atoms with E-state index in [4.69, 9.17) is 0 Å². The molecule has 0 spiro atoms. The maximum absolute atomic E-state index is 13.0. The average molecular weight is 439 g/mol. The van der Waals surface area contributed by atoms with E-state index in [-0.39, 0.29) is 12.2 Å². The summed E-state index contributed by atoms with van der Waals surface area (Å²) < 4.78 is 2.65. The second-order valence-corrected chi connectivity index (χ2v) is 7.73. The zero-order valence-corrected chi connectivity index (χ0v) is 16.9. The quantitative estimate of drug-likeness (QED) is 0.610. The van der Waals surface area contributed by atoms with Crippen LogP contribution in [0.15, 0.2) is 71.5 Å². The third-order valence-electron chi connectivity index (χ3n) is 5.10. The van der Waals surface area contributed by atoms with E-state index in [2.05, 4.69) is 15.9 Å². The van der Waals surface area contributed by atoms with Crippen LogP contribution >= 0.6 is 15.9 Å². The molecule has 142 valence electrons. The number of ketones is 1. The number of amides is 1. The first-order valence-corrected chi connectivity index (χ1v) is 9.84. The summed E-state index contributed by atoms with van der Waals surface area (Å²) in [6.07, 6.45) is 3.48. The number of halogens is 1. The van der Waals surface area contributed by atoms with E-state index in [1.165, 1.54) is 4.90 Å². The molecule has 1 amide bonds. The summed E-state index contributed by atoms with van der Waals surface area (Å²) in [7, 11) is 0. The number of aliphatic hydroxyl groups is 1. The highest BCUT2D eigenvalue weighted by molar-refractivity contribution is 9.10. The van der Waals surface area contributed by atoms with E-state index < -0.39 is 11.5 Å². The minimum Gasteiger partial charge on any atom is -0.375 e. The lowest BCUT2D eigenvalue weighted by molar-refractivity contribution is -0.135. The molecule has 6 heteroatoms. The third kappa shape index (κ3) is 2.99. The standard InChI is InChI=1S/C22H19BrN2O3/c1-2-25-19-9-8-16(23)13-18(19)22(28,21(25)27)14-20(26)15-6-5-7-17(12-15)24-10-3-4-11-24/h3-13,28H,2,14H2,1H3. The Morgan fingerprint density at radius 2 is 1.86 bits per heavy atom. The summed E-state index contributed by atoms with van der Waals surface area (Å²) in [6.45, 7) is 2.27. The molecule has 0 aliphatic carbocycles. The zero-order chi connectivity index (χ0) is 19.9. The summed E-state index contributed by atoms with van der Waals surface area (Å²) in [5.41, 5.74) is 0.545. The molecule has 0 saturated carbocycles. The Hall–Kier alpha value is -2.70. The summed E-state index contributed by atoms with van der Waals surface area (Å²) in [4.78, 5) is 27.5. The number of carbonyl (C=O) groups excluding carboxylic acids is 2. The number of likely N-dealkylation sites (N-methyl/N-ethyl adjacent to an activating group) is 1. The summed E-state index contributed by atoms with van der Waals surface area (Å²) in [6, 6.07) is 16.3. The van der Waals surface area contributed by atoms with Crippen LogP contribution in [0.25, 0.3) is 5.69 Å². The van der Waals surface area contributed by atoms with E-state index in [1.807, 2.05) is 48.1 Å². The molecule has 2 aromatic carbocycles. The molecule has 1 unspecified atom stereocenters. The van der Waals surface area contributed by atoms with Crippen LogP contribution in [-0.2, 0) is 10.4 Å². The topological polar surface area (TPSA) is 62.5 Å². The van der Waals surface area contributed by atoms with Gasteiger partial charge in [-0.3, -0.25) is 9.59 Å². The first-order valence-electron chi connectivity index (χ1n) is 9.05. The van der Waals surface area contributed by atoms with Crippen LogP contribution in [0.5, 0.6) is 0 Å². The van der Waals surface area contributed by atoms with Gasteiger partial charge in [-0.25, -0.2) is 0 Å². The minimum atomic E-state index is -1.87. The highest BCUT2D eigenvalue weighted by atomic mass is 79.9. The maximum atomic E-state index is 13.0. The molecule has 2 heterocycles. The number of hydrogen-bond donors (Lipinski definition) is 1. The van der Waals surface area contributed by atoms with E-state index in [0.717, 1.165) is 10.2 Å². The molecular formula is C22H19BrN2O3. The fourth-order valence-electron chi connectivity index (χ4n) is 3.69. The first kappa shape index (κ1) is 18.7. The Morgan fingerprint density at radius 3 is 2.57 bits per heavy atom. The van der Waals surface area contributed by atoms with Crippen LogP contribution in [0.1, 0.15) is 29.3 Å². The molecule has 5 nitrogen and oxygen atoms in total. The number of Topliss-reactive ketones (excluding diaryl/α,β-unsaturated/α-hetero) is 1. The number of benzene rings is 2. The lowest BCUT2D eigenvalue weighted by Crippen LogP contribution is -2.41. The van der Waals surface area contributed by atoms with Crippen molar-refractivity contribution in [2.75, 3.05) is 11.4 Å². The van der Waals surface area contributed by atoms with Gasteiger partial charge in [0, 0.05) is 40.2 Å². The molecule has 1 aromatic heterocycles. The SMILES string of the molecule is CCN1C(=O)C(O)(CC(=O)c2cccc(-n3cccc3)c2)c2cc(Br)ccc21. The maximum Gasteiger partial charge on any atom is 0.264 e. The Morgan fingerprint density at radius 1 is 1.11 bits per heavy atom. The van der Waals surface area contributed by atoms with Crippen LogP contribution in [-0.4, -0.2) is 27.9 Å². The largest absolute Gasteiger partial charge is 0.375 e. The Labute approximate surface area is 171 Å². The second kappa shape index (κ2) is 7.04. The molecule has 0 bridgehead atoms. The summed E-state index contributed by atoms with van der Waals surface area (Å²) in [5, 5.41) is 11.3.